The van der Waals surface area contributed by atoms with Crippen molar-refractivity contribution in [1.82, 2.24) is 0 Å². The fourth-order valence-electron chi connectivity index (χ4n) is 2.14. The molecule has 0 aromatic heterocycles. The third kappa shape index (κ3) is 4.40. The molecule has 0 saturated heterocycles. The van der Waals surface area contributed by atoms with Gasteiger partial charge in [-0.15, -0.1) is 0 Å². The molecule has 0 heterocycles. The van der Waals surface area contributed by atoms with E-state index >= 15 is 0 Å². The molecule has 0 aliphatic rings. The molecule has 0 aliphatic carbocycles. The maximum absolute atomic E-state index is 5.20. The van der Waals surface area contributed by atoms with Crippen molar-refractivity contribution in [2.45, 2.75) is 9.79 Å². The van der Waals surface area contributed by atoms with Gasteiger partial charge in [0.25, 0.3) is 0 Å². The molecule has 0 aliphatic heterocycles. The van der Waals surface area contributed by atoms with Crippen LogP contribution in [0.1, 0.15) is 5.56 Å². The van der Waals surface area contributed by atoms with Gasteiger partial charge in [0.1, 0.15) is 5.75 Å². The molecule has 3 aromatic carbocycles. The average Bonchev–Trinajstić information content (AvgIpc) is 2.65. The van der Waals surface area contributed by atoms with Crippen LogP contribution < -0.4 is 10.2 Å². The molecule has 1 N–H and O–H groups in total. The summed E-state index contributed by atoms with van der Waals surface area (Å²) in [6.07, 6.45) is 1.85. The lowest BCUT2D eigenvalue weighted by Gasteiger charge is -2.06. The number of hydrogen-bond acceptors (Lipinski definition) is 4. The Morgan fingerprint density at radius 3 is 2.33 bits per heavy atom. The molecule has 0 atom stereocenters. The minimum atomic E-state index is 0.862. The first-order chi connectivity index (χ1) is 11.8. The molecule has 0 unspecified atom stereocenters. The monoisotopic (exact) mass is 334 g/mol. The zero-order valence-electron chi connectivity index (χ0n) is 13.3. The summed E-state index contributed by atoms with van der Waals surface area (Å²) in [6.45, 7) is 0. The normalized spacial score (nSPS) is 10.7. The molecule has 0 bridgehead atoms. The Hall–Kier alpha value is -2.72. The van der Waals surface area contributed by atoms with Gasteiger partial charge in [0.05, 0.1) is 19.0 Å². The maximum Gasteiger partial charge on any atom is 0.118 e. The van der Waals surface area contributed by atoms with Gasteiger partial charge in [-0.05, 0) is 42.5 Å². The Bertz CT molecular complexity index is 801. The van der Waals surface area contributed by atoms with Crippen LogP contribution in [0, 0.1) is 0 Å². The molecule has 120 valence electrons. The first-order valence-corrected chi connectivity index (χ1v) is 8.42. The van der Waals surface area contributed by atoms with E-state index in [0.717, 1.165) is 26.8 Å². The van der Waals surface area contributed by atoms with Crippen molar-refractivity contribution in [3.05, 3.63) is 84.4 Å². The summed E-state index contributed by atoms with van der Waals surface area (Å²) in [7, 11) is 1.67. The number of nitrogens with zero attached hydrogens (tertiary/aromatic N) is 1. The first-order valence-electron chi connectivity index (χ1n) is 7.60. The number of hydrogen-bond donors (Lipinski definition) is 1. The fourth-order valence-corrected chi connectivity index (χ4v) is 3.05. The van der Waals surface area contributed by atoms with Crippen LogP contribution >= 0.6 is 11.8 Å². The highest BCUT2D eigenvalue weighted by Crippen LogP contribution is 2.30. The van der Waals surface area contributed by atoms with Crippen molar-refractivity contribution in [2.24, 2.45) is 5.10 Å². The number of methoxy groups -OCH3 is 1. The summed E-state index contributed by atoms with van der Waals surface area (Å²) in [5.74, 6) is 0.862. The fraction of sp³-hybridized carbons (Fsp3) is 0.0500. The lowest BCUT2D eigenvalue weighted by atomic mass is 10.2. The molecular weight excluding hydrogens is 316 g/mol. The van der Waals surface area contributed by atoms with E-state index in [1.54, 1.807) is 18.9 Å². The number of benzene rings is 3. The Morgan fingerprint density at radius 2 is 1.58 bits per heavy atom. The summed E-state index contributed by atoms with van der Waals surface area (Å²) in [5.41, 5.74) is 5.08. The second-order valence-corrected chi connectivity index (χ2v) is 6.17. The van der Waals surface area contributed by atoms with Crippen LogP contribution in [0.3, 0.4) is 0 Å². The Labute approximate surface area is 146 Å². The Morgan fingerprint density at radius 1 is 0.875 bits per heavy atom. The summed E-state index contributed by atoms with van der Waals surface area (Å²) >= 11 is 1.71. The molecule has 0 radical (unpaired) electrons. The number of hydrazone groups is 1. The molecule has 0 saturated carbocycles. The minimum Gasteiger partial charge on any atom is -0.497 e. The van der Waals surface area contributed by atoms with Crippen LogP contribution in [0.5, 0.6) is 5.75 Å². The molecular formula is C20H18N2OS. The Kier molecular flexibility index (Phi) is 5.53. The molecule has 0 amide bonds. The van der Waals surface area contributed by atoms with Crippen LogP contribution in [0.15, 0.2) is 93.8 Å². The maximum atomic E-state index is 5.20. The SMILES string of the molecule is COc1ccc(Sc2ccccc2C=NNc2ccccc2)cc1. The number of nitrogens with one attached hydrogen (secondary N) is 1. The second-order valence-electron chi connectivity index (χ2n) is 5.05. The van der Waals surface area contributed by atoms with Crippen molar-refractivity contribution in [2.75, 3.05) is 12.5 Å². The van der Waals surface area contributed by atoms with Gasteiger partial charge in [-0.1, -0.05) is 48.2 Å². The zero-order chi connectivity index (χ0) is 16.6. The molecule has 0 fully saturated rings. The van der Waals surface area contributed by atoms with E-state index in [-0.39, 0.29) is 0 Å². The van der Waals surface area contributed by atoms with Crippen molar-refractivity contribution in [3.8, 4) is 5.75 Å². The lowest BCUT2D eigenvalue weighted by molar-refractivity contribution is 0.414. The van der Waals surface area contributed by atoms with Gasteiger partial charge in [0, 0.05) is 15.4 Å². The highest BCUT2D eigenvalue weighted by Gasteiger charge is 2.03. The van der Waals surface area contributed by atoms with Crippen molar-refractivity contribution in [1.29, 1.82) is 0 Å². The summed E-state index contributed by atoms with van der Waals surface area (Å²) in [5, 5.41) is 4.33. The van der Waals surface area contributed by atoms with Crippen LogP contribution in [0.25, 0.3) is 0 Å². The summed E-state index contributed by atoms with van der Waals surface area (Å²) < 4.78 is 5.20. The van der Waals surface area contributed by atoms with E-state index in [0.29, 0.717) is 0 Å². The lowest BCUT2D eigenvalue weighted by Crippen LogP contribution is -1.91. The van der Waals surface area contributed by atoms with Crippen LogP contribution in [0.4, 0.5) is 5.69 Å². The smallest absolute Gasteiger partial charge is 0.118 e. The molecule has 3 aromatic rings. The highest BCUT2D eigenvalue weighted by molar-refractivity contribution is 7.99. The van der Waals surface area contributed by atoms with E-state index in [9.17, 15) is 0 Å². The van der Waals surface area contributed by atoms with Gasteiger partial charge < -0.3 is 4.74 Å². The van der Waals surface area contributed by atoms with E-state index in [1.165, 1.54) is 0 Å². The standard InChI is InChI=1S/C20H18N2OS/c1-23-18-11-13-19(14-12-18)24-20-10-6-5-7-16(20)15-21-22-17-8-3-2-4-9-17/h2-15,22H,1H3. The third-order valence-electron chi connectivity index (χ3n) is 3.38. The number of ether oxygens (including phenoxy) is 1. The minimum absolute atomic E-state index is 0.862. The largest absolute Gasteiger partial charge is 0.497 e. The molecule has 4 heteroatoms. The van der Waals surface area contributed by atoms with Gasteiger partial charge in [0.15, 0.2) is 0 Å². The quantitative estimate of drug-likeness (QED) is 0.491. The van der Waals surface area contributed by atoms with Gasteiger partial charge in [-0.25, -0.2) is 0 Å². The summed E-state index contributed by atoms with van der Waals surface area (Å²) in [6, 6.07) is 26.2. The second kappa shape index (κ2) is 8.22. The predicted octanol–water partition coefficient (Wildman–Crippen LogP) is 5.29. The molecule has 3 nitrogen and oxygen atoms in total. The van der Waals surface area contributed by atoms with Crippen molar-refractivity contribution < 1.29 is 4.74 Å². The number of anilines is 1. The number of rotatable bonds is 6. The van der Waals surface area contributed by atoms with E-state index in [4.69, 9.17) is 4.74 Å². The van der Waals surface area contributed by atoms with Crippen LogP contribution in [0.2, 0.25) is 0 Å². The number of para-hydroxylation sites is 1. The van der Waals surface area contributed by atoms with Gasteiger partial charge in [-0.2, -0.15) is 5.10 Å². The Balaban J connectivity index is 1.72. The van der Waals surface area contributed by atoms with Gasteiger partial charge in [-0.3, -0.25) is 5.43 Å². The molecule has 0 spiro atoms. The van der Waals surface area contributed by atoms with Crippen molar-refractivity contribution >= 4 is 23.7 Å². The summed E-state index contributed by atoms with van der Waals surface area (Å²) in [4.78, 5) is 2.31. The van der Waals surface area contributed by atoms with Crippen LogP contribution in [-0.4, -0.2) is 13.3 Å². The van der Waals surface area contributed by atoms with Crippen molar-refractivity contribution in [3.63, 3.8) is 0 Å². The van der Waals surface area contributed by atoms with E-state index in [1.807, 2.05) is 60.8 Å². The average molecular weight is 334 g/mol. The molecule has 3 rings (SSSR count). The van der Waals surface area contributed by atoms with E-state index in [2.05, 4.69) is 34.8 Å². The topological polar surface area (TPSA) is 33.6 Å². The van der Waals surface area contributed by atoms with Crippen LogP contribution in [-0.2, 0) is 0 Å². The van der Waals surface area contributed by atoms with Gasteiger partial charge in [0.2, 0.25) is 0 Å². The molecule has 24 heavy (non-hydrogen) atoms. The first kappa shape index (κ1) is 16.1. The van der Waals surface area contributed by atoms with E-state index < -0.39 is 0 Å². The highest BCUT2D eigenvalue weighted by atomic mass is 32.2. The predicted molar refractivity (Wildman–Crippen MR) is 101 cm³/mol. The zero-order valence-corrected chi connectivity index (χ0v) is 14.2. The third-order valence-corrected chi connectivity index (χ3v) is 4.48. The van der Waals surface area contributed by atoms with Gasteiger partial charge >= 0.3 is 0 Å².